The molecular formula is C13H17BrClNO2S. The fourth-order valence-electron chi connectivity index (χ4n) is 2.37. The first-order valence-corrected chi connectivity index (χ1v) is 9.12. The van der Waals surface area contributed by atoms with Gasteiger partial charge in [-0.3, -0.25) is 0 Å². The Bertz CT molecular complexity index is 540. The van der Waals surface area contributed by atoms with Crippen LogP contribution in [0.2, 0.25) is 5.02 Å². The summed E-state index contributed by atoms with van der Waals surface area (Å²) in [5, 5.41) is 0.246. The van der Waals surface area contributed by atoms with Gasteiger partial charge in [-0.2, -0.15) is 0 Å². The van der Waals surface area contributed by atoms with Crippen LogP contribution in [0.5, 0.6) is 0 Å². The van der Waals surface area contributed by atoms with E-state index in [-0.39, 0.29) is 16.0 Å². The number of halogens is 2. The van der Waals surface area contributed by atoms with E-state index in [0.29, 0.717) is 0 Å². The highest BCUT2D eigenvalue weighted by Crippen LogP contribution is 2.26. The lowest BCUT2D eigenvalue weighted by Gasteiger charge is -2.17. The van der Waals surface area contributed by atoms with Gasteiger partial charge in [0.15, 0.2) is 0 Å². The number of benzene rings is 1. The summed E-state index contributed by atoms with van der Waals surface area (Å²) in [6.45, 7) is 0. The predicted octanol–water partition coefficient (Wildman–Crippen LogP) is 4.10. The molecule has 0 aliphatic heterocycles. The zero-order valence-corrected chi connectivity index (χ0v) is 13.7. The van der Waals surface area contributed by atoms with Crippen molar-refractivity contribution in [2.75, 3.05) is 0 Å². The number of rotatable bonds is 3. The minimum absolute atomic E-state index is 0.0345. The third kappa shape index (κ3) is 4.18. The first kappa shape index (κ1) is 15.3. The van der Waals surface area contributed by atoms with E-state index in [4.69, 9.17) is 11.6 Å². The molecule has 2 rings (SSSR count). The van der Waals surface area contributed by atoms with Crippen LogP contribution >= 0.6 is 27.5 Å². The lowest BCUT2D eigenvalue weighted by atomic mass is 10.1. The van der Waals surface area contributed by atoms with Gasteiger partial charge in [-0.1, -0.05) is 53.2 Å². The lowest BCUT2D eigenvalue weighted by molar-refractivity contribution is 0.510. The average molecular weight is 367 g/mol. The van der Waals surface area contributed by atoms with Crippen molar-refractivity contribution in [2.24, 2.45) is 0 Å². The number of hydrogen-bond donors (Lipinski definition) is 1. The van der Waals surface area contributed by atoms with Crippen molar-refractivity contribution < 1.29 is 8.42 Å². The Kier molecular flexibility index (Phi) is 5.29. The van der Waals surface area contributed by atoms with Crippen LogP contribution in [0.3, 0.4) is 0 Å². The number of sulfonamides is 1. The zero-order valence-electron chi connectivity index (χ0n) is 10.5. The normalized spacial score (nSPS) is 18.2. The van der Waals surface area contributed by atoms with Crippen molar-refractivity contribution in [1.82, 2.24) is 4.72 Å². The molecule has 1 aliphatic rings. The summed E-state index contributed by atoms with van der Waals surface area (Å²) in [4.78, 5) is 0.154. The molecule has 1 saturated carbocycles. The molecule has 1 aliphatic carbocycles. The topological polar surface area (TPSA) is 46.2 Å². The van der Waals surface area contributed by atoms with E-state index in [0.717, 1.165) is 30.2 Å². The van der Waals surface area contributed by atoms with Crippen LogP contribution in [-0.2, 0) is 10.0 Å². The van der Waals surface area contributed by atoms with Crippen LogP contribution in [0, 0.1) is 0 Å². The molecule has 1 aromatic carbocycles. The Morgan fingerprint density at radius 3 is 2.37 bits per heavy atom. The molecule has 6 heteroatoms. The minimum atomic E-state index is -3.53. The standard InChI is InChI=1S/C13H17BrClNO2S/c14-10-7-8-13(12(15)9-10)19(17,18)16-11-5-3-1-2-4-6-11/h7-9,11,16H,1-6H2. The first-order valence-electron chi connectivity index (χ1n) is 6.46. The van der Waals surface area contributed by atoms with Gasteiger partial charge >= 0.3 is 0 Å². The Morgan fingerprint density at radius 1 is 1.16 bits per heavy atom. The zero-order chi connectivity index (χ0) is 13.9. The van der Waals surface area contributed by atoms with E-state index >= 15 is 0 Å². The van der Waals surface area contributed by atoms with E-state index < -0.39 is 10.0 Å². The second-order valence-electron chi connectivity index (χ2n) is 4.88. The van der Waals surface area contributed by atoms with Gasteiger partial charge in [-0.05, 0) is 31.0 Å². The van der Waals surface area contributed by atoms with Crippen LogP contribution in [0.15, 0.2) is 27.6 Å². The molecule has 0 unspecified atom stereocenters. The third-order valence-corrected chi connectivity index (χ3v) is 5.86. The summed E-state index contributed by atoms with van der Waals surface area (Å²) in [5.74, 6) is 0. The molecule has 0 aromatic heterocycles. The van der Waals surface area contributed by atoms with Crippen LogP contribution in [0.1, 0.15) is 38.5 Å². The Balaban J connectivity index is 2.17. The van der Waals surface area contributed by atoms with Gasteiger partial charge in [0.25, 0.3) is 0 Å². The highest BCUT2D eigenvalue weighted by Gasteiger charge is 2.23. The van der Waals surface area contributed by atoms with Crippen LogP contribution in [-0.4, -0.2) is 14.5 Å². The average Bonchev–Trinajstić information content (AvgIpc) is 2.56. The maximum atomic E-state index is 12.3. The Labute approximate surface area is 127 Å². The van der Waals surface area contributed by atoms with E-state index in [9.17, 15) is 8.42 Å². The van der Waals surface area contributed by atoms with Gasteiger partial charge < -0.3 is 0 Å². The molecule has 0 radical (unpaired) electrons. The van der Waals surface area contributed by atoms with Gasteiger partial charge in [-0.25, -0.2) is 13.1 Å². The summed E-state index contributed by atoms with van der Waals surface area (Å²) in [5.41, 5.74) is 0. The fourth-order valence-corrected chi connectivity index (χ4v) is 4.72. The second-order valence-corrected chi connectivity index (χ2v) is 7.89. The molecule has 3 nitrogen and oxygen atoms in total. The molecule has 0 amide bonds. The number of nitrogens with one attached hydrogen (secondary N) is 1. The largest absolute Gasteiger partial charge is 0.242 e. The second kappa shape index (κ2) is 6.57. The van der Waals surface area contributed by atoms with E-state index in [1.807, 2.05) is 0 Å². The summed E-state index contributed by atoms with van der Waals surface area (Å²) < 4.78 is 28.2. The Morgan fingerprint density at radius 2 is 1.79 bits per heavy atom. The maximum Gasteiger partial charge on any atom is 0.242 e. The summed E-state index contributed by atoms with van der Waals surface area (Å²) >= 11 is 9.29. The summed E-state index contributed by atoms with van der Waals surface area (Å²) in [6.07, 6.45) is 6.37. The quantitative estimate of drug-likeness (QED) is 0.818. The van der Waals surface area contributed by atoms with Crippen LogP contribution < -0.4 is 4.72 Å². The minimum Gasteiger partial charge on any atom is -0.208 e. The molecule has 19 heavy (non-hydrogen) atoms. The molecule has 0 atom stereocenters. The Hall–Kier alpha value is -0.100. The smallest absolute Gasteiger partial charge is 0.208 e. The maximum absolute atomic E-state index is 12.3. The highest BCUT2D eigenvalue weighted by atomic mass is 79.9. The SMILES string of the molecule is O=S(=O)(NC1CCCCCC1)c1ccc(Br)cc1Cl. The van der Waals surface area contributed by atoms with Gasteiger partial charge in [0.05, 0.1) is 5.02 Å². The van der Waals surface area contributed by atoms with Crippen molar-refractivity contribution >= 4 is 37.6 Å². The molecular weight excluding hydrogens is 350 g/mol. The van der Waals surface area contributed by atoms with E-state index in [1.54, 1.807) is 12.1 Å². The lowest BCUT2D eigenvalue weighted by Crippen LogP contribution is -2.34. The van der Waals surface area contributed by atoms with Gasteiger partial charge in [0.1, 0.15) is 4.90 Å². The molecule has 1 N–H and O–H groups in total. The predicted molar refractivity (Wildman–Crippen MR) is 81.0 cm³/mol. The molecule has 0 spiro atoms. The molecule has 1 aromatic rings. The highest BCUT2D eigenvalue weighted by molar-refractivity contribution is 9.10. The molecule has 0 bridgehead atoms. The van der Waals surface area contributed by atoms with Gasteiger partial charge in [0, 0.05) is 10.5 Å². The van der Waals surface area contributed by atoms with E-state index in [1.165, 1.54) is 18.9 Å². The molecule has 1 fully saturated rings. The van der Waals surface area contributed by atoms with Crippen molar-refractivity contribution in [3.63, 3.8) is 0 Å². The number of hydrogen-bond acceptors (Lipinski definition) is 2. The third-order valence-electron chi connectivity index (χ3n) is 3.36. The summed E-state index contributed by atoms with van der Waals surface area (Å²) in [6, 6.07) is 4.86. The van der Waals surface area contributed by atoms with E-state index in [2.05, 4.69) is 20.7 Å². The van der Waals surface area contributed by atoms with Gasteiger partial charge in [-0.15, -0.1) is 0 Å². The van der Waals surface area contributed by atoms with Crippen molar-refractivity contribution in [3.8, 4) is 0 Å². The van der Waals surface area contributed by atoms with Crippen LogP contribution in [0.25, 0.3) is 0 Å². The van der Waals surface area contributed by atoms with Crippen molar-refractivity contribution in [2.45, 2.75) is 49.5 Å². The first-order chi connectivity index (χ1) is 8.99. The van der Waals surface area contributed by atoms with Gasteiger partial charge in [0.2, 0.25) is 10.0 Å². The molecule has 0 heterocycles. The molecule has 0 saturated heterocycles. The van der Waals surface area contributed by atoms with Crippen LogP contribution in [0.4, 0.5) is 0 Å². The summed E-state index contributed by atoms with van der Waals surface area (Å²) in [7, 11) is -3.53. The van der Waals surface area contributed by atoms with Crippen molar-refractivity contribution in [1.29, 1.82) is 0 Å². The van der Waals surface area contributed by atoms with Crippen molar-refractivity contribution in [3.05, 3.63) is 27.7 Å². The monoisotopic (exact) mass is 365 g/mol. The molecule has 106 valence electrons. The fraction of sp³-hybridized carbons (Fsp3) is 0.538.